The van der Waals surface area contributed by atoms with Crippen molar-refractivity contribution in [3.05, 3.63) is 28.2 Å². The third kappa shape index (κ3) is 3.58. The summed E-state index contributed by atoms with van der Waals surface area (Å²) in [4.78, 5) is 0. The number of rotatable bonds is 4. The van der Waals surface area contributed by atoms with Crippen molar-refractivity contribution in [3.63, 3.8) is 0 Å². The molecule has 0 heterocycles. The molecule has 0 aliphatic rings. The van der Waals surface area contributed by atoms with Gasteiger partial charge in [-0.05, 0) is 17.7 Å². The lowest BCUT2D eigenvalue weighted by atomic mass is 10.2. The molecule has 0 fully saturated rings. The van der Waals surface area contributed by atoms with Gasteiger partial charge in [0.05, 0.1) is 6.61 Å². The molecule has 0 spiro atoms. The van der Waals surface area contributed by atoms with Gasteiger partial charge in [-0.2, -0.15) is 11.8 Å². The van der Waals surface area contributed by atoms with E-state index >= 15 is 0 Å². The Morgan fingerprint density at radius 2 is 2.23 bits per heavy atom. The Balaban J connectivity index is 2.56. The minimum atomic E-state index is 0.233. The fraction of sp³-hybridized carbons (Fsp3) is 0.333. The molecule has 0 saturated heterocycles. The maximum atomic E-state index is 8.61. The summed E-state index contributed by atoms with van der Waals surface area (Å²) in [6, 6.07) is 5.79. The van der Waals surface area contributed by atoms with Crippen LogP contribution in [0.4, 0.5) is 5.69 Å². The van der Waals surface area contributed by atoms with Crippen molar-refractivity contribution in [1.29, 1.82) is 0 Å². The number of aliphatic hydroxyl groups excluding tert-OH is 1. The average Bonchev–Trinajstić information content (AvgIpc) is 2.09. The van der Waals surface area contributed by atoms with Gasteiger partial charge in [0.2, 0.25) is 0 Å². The summed E-state index contributed by atoms with van der Waals surface area (Å²) in [6.45, 7) is 0.233. The van der Waals surface area contributed by atoms with Crippen LogP contribution in [0.25, 0.3) is 0 Å². The highest BCUT2D eigenvalue weighted by Crippen LogP contribution is 2.23. The summed E-state index contributed by atoms with van der Waals surface area (Å²) in [5.41, 5.74) is 7.59. The Labute approximate surface area is 90.7 Å². The quantitative estimate of drug-likeness (QED) is 0.646. The lowest BCUT2D eigenvalue weighted by molar-refractivity contribution is 0.322. The number of halogens is 1. The van der Waals surface area contributed by atoms with E-state index in [0.717, 1.165) is 21.7 Å². The van der Waals surface area contributed by atoms with Gasteiger partial charge in [-0.15, -0.1) is 0 Å². The van der Waals surface area contributed by atoms with Crippen LogP contribution in [0.5, 0.6) is 0 Å². The summed E-state index contributed by atoms with van der Waals surface area (Å²) in [5.74, 6) is 1.68. The molecule has 2 nitrogen and oxygen atoms in total. The van der Waals surface area contributed by atoms with Crippen LogP contribution in [0.1, 0.15) is 5.56 Å². The number of aliphatic hydroxyl groups is 1. The predicted octanol–water partition coefficient (Wildman–Crippen LogP) is 2.26. The van der Waals surface area contributed by atoms with Crippen LogP contribution in [0.2, 0.25) is 0 Å². The van der Waals surface area contributed by atoms with Gasteiger partial charge in [-0.25, -0.2) is 0 Å². The second-order valence-corrected chi connectivity index (χ2v) is 4.59. The van der Waals surface area contributed by atoms with E-state index in [9.17, 15) is 0 Å². The van der Waals surface area contributed by atoms with Gasteiger partial charge < -0.3 is 10.8 Å². The first-order valence-electron chi connectivity index (χ1n) is 3.96. The molecule has 0 radical (unpaired) electrons. The number of nitrogen functional groups attached to an aromatic ring is 1. The molecule has 0 unspecified atom stereocenters. The Hall–Kier alpha value is -0.190. The SMILES string of the molecule is Nc1ccc(CSCCO)c(Br)c1. The maximum absolute atomic E-state index is 8.61. The maximum Gasteiger partial charge on any atom is 0.0521 e. The van der Waals surface area contributed by atoms with E-state index in [2.05, 4.69) is 15.9 Å². The van der Waals surface area contributed by atoms with Gasteiger partial charge in [0.15, 0.2) is 0 Å². The molecule has 1 aromatic rings. The molecule has 0 aromatic heterocycles. The fourth-order valence-electron chi connectivity index (χ4n) is 0.927. The molecule has 0 aliphatic heterocycles. The smallest absolute Gasteiger partial charge is 0.0521 e. The Bertz CT molecular complexity index is 280. The zero-order chi connectivity index (χ0) is 9.68. The van der Waals surface area contributed by atoms with Gasteiger partial charge in [-0.3, -0.25) is 0 Å². The van der Waals surface area contributed by atoms with E-state index in [1.165, 1.54) is 5.56 Å². The fourth-order valence-corrected chi connectivity index (χ4v) is 2.39. The molecule has 13 heavy (non-hydrogen) atoms. The lowest BCUT2D eigenvalue weighted by Crippen LogP contribution is -1.90. The summed E-state index contributed by atoms with van der Waals surface area (Å²) < 4.78 is 1.04. The highest BCUT2D eigenvalue weighted by atomic mass is 79.9. The van der Waals surface area contributed by atoms with Crippen molar-refractivity contribution in [2.24, 2.45) is 0 Å². The zero-order valence-electron chi connectivity index (χ0n) is 7.16. The Kier molecular flexibility index (Phi) is 4.62. The molecule has 0 atom stereocenters. The minimum absolute atomic E-state index is 0.233. The molecule has 4 heteroatoms. The lowest BCUT2D eigenvalue weighted by Gasteiger charge is -2.04. The number of hydrogen-bond acceptors (Lipinski definition) is 3. The molecule has 3 N–H and O–H groups in total. The van der Waals surface area contributed by atoms with Crippen LogP contribution in [-0.4, -0.2) is 17.5 Å². The van der Waals surface area contributed by atoms with Crippen LogP contribution in [0.15, 0.2) is 22.7 Å². The van der Waals surface area contributed by atoms with E-state index in [-0.39, 0.29) is 6.61 Å². The highest BCUT2D eigenvalue weighted by Gasteiger charge is 1.99. The summed E-state index contributed by atoms with van der Waals surface area (Å²) in [6.07, 6.45) is 0. The van der Waals surface area contributed by atoms with E-state index in [0.29, 0.717) is 0 Å². The molecule has 0 bridgehead atoms. The van der Waals surface area contributed by atoms with Crippen LogP contribution in [-0.2, 0) is 5.75 Å². The van der Waals surface area contributed by atoms with Crippen LogP contribution >= 0.6 is 27.7 Å². The number of nitrogens with two attached hydrogens (primary N) is 1. The number of hydrogen-bond donors (Lipinski definition) is 2. The van der Waals surface area contributed by atoms with E-state index in [1.54, 1.807) is 11.8 Å². The molecule has 0 amide bonds. The molecule has 0 saturated carbocycles. The Morgan fingerprint density at radius 1 is 1.46 bits per heavy atom. The first-order valence-corrected chi connectivity index (χ1v) is 5.91. The van der Waals surface area contributed by atoms with Crippen LogP contribution < -0.4 is 5.73 Å². The molecular formula is C9H12BrNOS. The van der Waals surface area contributed by atoms with Gasteiger partial charge >= 0.3 is 0 Å². The first-order chi connectivity index (χ1) is 6.24. The highest BCUT2D eigenvalue weighted by molar-refractivity contribution is 9.10. The zero-order valence-corrected chi connectivity index (χ0v) is 9.57. The van der Waals surface area contributed by atoms with Gasteiger partial charge in [0.1, 0.15) is 0 Å². The van der Waals surface area contributed by atoms with Crippen molar-refractivity contribution in [2.75, 3.05) is 18.1 Å². The predicted molar refractivity (Wildman–Crippen MR) is 61.8 cm³/mol. The molecule has 1 aromatic carbocycles. The summed E-state index contributed by atoms with van der Waals surface area (Å²) in [5, 5.41) is 8.61. The van der Waals surface area contributed by atoms with Crippen LogP contribution in [0.3, 0.4) is 0 Å². The van der Waals surface area contributed by atoms with Gasteiger partial charge in [0.25, 0.3) is 0 Å². The van der Waals surface area contributed by atoms with E-state index in [1.807, 2.05) is 18.2 Å². The molecule has 72 valence electrons. The third-order valence-electron chi connectivity index (χ3n) is 1.57. The number of benzene rings is 1. The van der Waals surface area contributed by atoms with Crippen molar-refractivity contribution < 1.29 is 5.11 Å². The Morgan fingerprint density at radius 3 is 2.85 bits per heavy atom. The first kappa shape index (κ1) is 10.9. The van der Waals surface area contributed by atoms with Crippen molar-refractivity contribution in [1.82, 2.24) is 0 Å². The second kappa shape index (κ2) is 5.52. The molecule has 0 aliphatic carbocycles. The van der Waals surface area contributed by atoms with Crippen molar-refractivity contribution in [3.8, 4) is 0 Å². The van der Waals surface area contributed by atoms with Crippen molar-refractivity contribution >= 4 is 33.4 Å². The van der Waals surface area contributed by atoms with E-state index in [4.69, 9.17) is 10.8 Å². The number of thioether (sulfide) groups is 1. The largest absolute Gasteiger partial charge is 0.399 e. The van der Waals surface area contributed by atoms with Gasteiger partial charge in [-0.1, -0.05) is 22.0 Å². The van der Waals surface area contributed by atoms with Gasteiger partial charge in [0, 0.05) is 21.7 Å². The van der Waals surface area contributed by atoms with Crippen LogP contribution in [0, 0.1) is 0 Å². The normalized spacial score (nSPS) is 10.3. The molecule has 1 rings (SSSR count). The monoisotopic (exact) mass is 261 g/mol. The summed E-state index contributed by atoms with van der Waals surface area (Å²) in [7, 11) is 0. The second-order valence-electron chi connectivity index (χ2n) is 2.63. The average molecular weight is 262 g/mol. The molecular weight excluding hydrogens is 250 g/mol. The summed E-state index contributed by atoms with van der Waals surface area (Å²) >= 11 is 5.15. The third-order valence-corrected chi connectivity index (χ3v) is 3.29. The topological polar surface area (TPSA) is 46.2 Å². The van der Waals surface area contributed by atoms with E-state index < -0.39 is 0 Å². The standard InChI is InChI=1S/C9H12BrNOS/c10-9-5-8(11)2-1-7(9)6-13-4-3-12/h1-2,5,12H,3-4,6,11H2. The number of anilines is 1. The van der Waals surface area contributed by atoms with Crippen molar-refractivity contribution in [2.45, 2.75) is 5.75 Å². The minimum Gasteiger partial charge on any atom is -0.399 e.